The van der Waals surface area contributed by atoms with Crippen molar-refractivity contribution in [3.63, 3.8) is 0 Å². The molecule has 160 valence electrons. The third-order valence-electron chi connectivity index (χ3n) is 4.55. The number of aliphatic imine (C=N–C) groups is 1. The van der Waals surface area contributed by atoms with Crippen LogP contribution in [0.5, 0.6) is 0 Å². The van der Waals surface area contributed by atoms with Crippen LogP contribution in [0.15, 0.2) is 23.2 Å². The number of hydrogen-bond acceptors (Lipinski definition) is 4. The smallest absolute Gasteiger partial charge is 0.211 e. The monoisotopic (exact) mass is 524 g/mol. The lowest BCUT2D eigenvalue weighted by atomic mass is 10.00. The van der Waals surface area contributed by atoms with Gasteiger partial charge in [0.2, 0.25) is 10.0 Å². The van der Waals surface area contributed by atoms with Crippen LogP contribution < -0.4 is 10.0 Å². The molecule has 1 heterocycles. The first-order valence-corrected chi connectivity index (χ1v) is 11.2. The second kappa shape index (κ2) is 11.9. The van der Waals surface area contributed by atoms with Crippen LogP contribution >= 0.6 is 24.0 Å². The van der Waals surface area contributed by atoms with Crippen LogP contribution in [0.2, 0.25) is 0 Å². The normalized spacial score (nSPS) is 17.9. The largest absolute Gasteiger partial charge is 0.370 e. The summed E-state index contributed by atoms with van der Waals surface area (Å²) in [7, 11) is -3.18. The van der Waals surface area contributed by atoms with Gasteiger partial charge in [0.15, 0.2) is 5.96 Å². The number of halogens is 1. The van der Waals surface area contributed by atoms with Gasteiger partial charge >= 0.3 is 0 Å². The van der Waals surface area contributed by atoms with E-state index < -0.39 is 10.0 Å². The zero-order valence-corrected chi connectivity index (χ0v) is 20.3. The standard InChI is InChI=1S/C19H32N4O3S.HI/c1-5-20-19(21-9-10-22-27(24,25)6-2)23-11-12-26-18(14-23)17-8-7-15(3)13-16(17)4;/h7-8,13,18,22H,5-6,9-12,14H2,1-4H3,(H,20,21);1H. The topological polar surface area (TPSA) is 83.0 Å². The number of rotatable bonds is 7. The molecule has 0 saturated carbocycles. The molecule has 1 unspecified atom stereocenters. The molecule has 1 saturated heterocycles. The average Bonchev–Trinajstić information content (AvgIpc) is 2.64. The molecular weight excluding hydrogens is 491 g/mol. The van der Waals surface area contributed by atoms with Crippen LogP contribution in [-0.4, -0.2) is 64.4 Å². The van der Waals surface area contributed by atoms with Crippen molar-refractivity contribution >= 4 is 40.0 Å². The number of sulfonamides is 1. The van der Waals surface area contributed by atoms with Gasteiger partial charge in [-0.25, -0.2) is 13.1 Å². The van der Waals surface area contributed by atoms with Gasteiger partial charge in [0, 0.05) is 19.6 Å². The minimum absolute atomic E-state index is 0. The number of aryl methyl sites for hydroxylation is 2. The van der Waals surface area contributed by atoms with E-state index in [1.165, 1.54) is 16.7 Å². The van der Waals surface area contributed by atoms with Crippen LogP contribution in [0.25, 0.3) is 0 Å². The Bertz CT molecular complexity index is 756. The predicted molar refractivity (Wildman–Crippen MR) is 125 cm³/mol. The maximum atomic E-state index is 11.5. The maximum Gasteiger partial charge on any atom is 0.211 e. The van der Waals surface area contributed by atoms with Gasteiger partial charge in [-0.2, -0.15) is 0 Å². The number of morpholine rings is 1. The number of ether oxygens (including phenoxy) is 1. The first kappa shape index (κ1) is 25.1. The predicted octanol–water partition coefficient (Wildman–Crippen LogP) is 2.20. The molecule has 7 nitrogen and oxygen atoms in total. The lowest BCUT2D eigenvalue weighted by Crippen LogP contribution is -2.48. The van der Waals surface area contributed by atoms with Gasteiger partial charge in [-0.15, -0.1) is 24.0 Å². The molecule has 0 aromatic heterocycles. The summed E-state index contributed by atoms with van der Waals surface area (Å²) in [6, 6.07) is 6.43. The lowest BCUT2D eigenvalue weighted by molar-refractivity contribution is -0.00832. The van der Waals surface area contributed by atoms with E-state index in [0.717, 1.165) is 25.6 Å². The van der Waals surface area contributed by atoms with Crippen LogP contribution in [0.1, 0.15) is 36.6 Å². The van der Waals surface area contributed by atoms with Crippen LogP contribution in [0, 0.1) is 13.8 Å². The van der Waals surface area contributed by atoms with Crippen molar-refractivity contribution in [1.82, 2.24) is 14.9 Å². The first-order valence-electron chi connectivity index (χ1n) is 9.55. The molecule has 1 aliphatic rings. The molecule has 0 aliphatic carbocycles. The summed E-state index contributed by atoms with van der Waals surface area (Å²) in [5.74, 6) is 0.879. The number of nitrogens with one attached hydrogen (secondary N) is 2. The Morgan fingerprint density at radius 3 is 2.71 bits per heavy atom. The van der Waals surface area contributed by atoms with Crippen molar-refractivity contribution in [2.75, 3.05) is 45.1 Å². The molecule has 2 N–H and O–H groups in total. The summed E-state index contributed by atoms with van der Waals surface area (Å²) in [5, 5.41) is 3.30. The zero-order valence-electron chi connectivity index (χ0n) is 17.2. The van der Waals surface area contributed by atoms with Gasteiger partial charge in [0.25, 0.3) is 0 Å². The third kappa shape index (κ3) is 7.49. The highest BCUT2D eigenvalue weighted by Crippen LogP contribution is 2.25. The van der Waals surface area contributed by atoms with Crippen LogP contribution in [-0.2, 0) is 14.8 Å². The van der Waals surface area contributed by atoms with E-state index >= 15 is 0 Å². The van der Waals surface area contributed by atoms with E-state index in [4.69, 9.17) is 4.74 Å². The summed E-state index contributed by atoms with van der Waals surface area (Å²) in [6.45, 7) is 11.4. The Morgan fingerprint density at radius 2 is 2.07 bits per heavy atom. The summed E-state index contributed by atoms with van der Waals surface area (Å²) in [6.07, 6.45) is 0.00167. The molecule has 1 fully saturated rings. The quantitative estimate of drug-likeness (QED) is 0.248. The Balaban J connectivity index is 0.00000392. The molecule has 0 spiro atoms. The van der Waals surface area contributed by atoms with Gasteiger partial charge in [-0.05, 0) is 38.8 Å². The van der Waals surface area contributed by atoms with Gasteiger partial charge in [0.05, 0.1) is 25.4 Å². The van der Waals surface area contributed by atoms with Crippen LogP contribution in [0.3, 0.4) is 0 Å². The molecule has 2 rings (SSSR count). The molecular formula is C19H33IN4O3S. The van der Waals surface area contributed by atoms with Gasteiger partial charge < -0.3 is 15.0 Å². The molecule has 0 radical (unpaired) electrons. The Labute approximate surface area is 186 Å². The fraction of sp³-hybridized carbons (Fsp3) is 0.632. The van der Waals surface area contributed by atoms with Crippen LogP contribution in [0.4, 0.5) is 0 Å². The highest BCUT2D eigenvalue weighted by molar-refractivity contribution is 14.0. The molecule has 1 atom stereocenters. The summed E-state index contributed by atoms with van der Waals surface area (Å²) in [5.41, 5.74) is 3.68. The molecule has 1 aliphatic heterocycles. The van der Waals surface area contributed by atoms with E-state index in [2.05, 4.69) is 52.0 Å². The number of guanidine groups is 1. The fourth-order valence-electron chi connectivity index (χ4n) is 3.11. The summed E-state index contributed by atoms with van der Waals surface area (Å²) in [4.78, 5) is 6.77. The molecule has 28 heavy (non-hydrogen) atoms. The highest BCUT2D eigenvalue weighted by Gasteiger charge is 2.25. The summed E-state index contributed by atoms with van der Waals surface area (Å²) < 4.78 is 31.6. The van der Waals surface area contributed by atoms with Crippen molar-refractivity contribution in [3.8, 4) is 0 Å². The molecule has 0 bridgehead atoms. The Kier molecular flexibility index (Phi) is 10.7. The van der Waals surface area contributed by atoms with Gasteiger partial charge in [-0.3, -0.25) is 4.99 Å². The number of hydrogen-bond donors (Lipinski definition) is 2. The second-order valence-electron chi connectivity index (χ2n) is 6.70. The zero-order chi connectivity index (χ0) is 19.9. The summed E-state index contributed by atoms with van der Waals surface area (Å²) >= 11 is 0. The fourth-order valence-corrected chi connectivity index (χ4v) is 3.71. The molecule has 0 amide bonds. The minimum atomic E-state index is -3.18. The number of nitrogens with zero attached hydrogens (tertiary/aromatic N) is 2. The van der Waals surface area contributed by atoms with Crippen molar-refractivity contribution < 1.29 is 13.2 Å². The first-order chi connectivity index (χ1) is 12.9. The van der Waals surface area contributed by atoms with Crippen molar-refractivity contribution in [3.05, 3.63) is 34.9 Å². The average molecular weight is 524 g/mol. The van der Waals surface area contributed by atoms with Gasteiger partial charge in [-0.1, -0.05) is 23.8 Å². The molecule has 1 aromatic carbocycles. The van der Waals surface area contributed by atoms with E-state index in [-0.39, 0.29) is 35.8 Å². The maximum absolute atomic E-state index is 11.5. The number of benzene rings is 1. The molecule has 9 heteroatoms. The van der Waals surface area contributed by atoms with E-state index in [0.29, 0.717) is 19.7 Å². The highest BCUT2D eigenvalue weighted by atomic mass is 127. The van der Waals surface area contributed by atoms with Crippen molar-refractivity contribution in [1.29, 1.82) is 0 Å². The van der Waals surface area contributed by atoms with Crippen molar-refractivity contribution in [2.45, 2.75) is 33.8 Å². The molecule has 1 aromatic rings. The third-order valence-corrected chi connectivity index (χ3v) is 5.95. The SMILES string of the molecule is CCNC(=NCCNS(=O)(=O)CC)N1CCOC(c2ccc(C)cc2C)C1.I. The van der Waals surface area contributed by atoms with Gasteiger partial charge in [0.1, 0.15) is 6.10 Å². The lowest BCUT2D eigenvalue weighted by Gasteiger charge is -2.36. The Morgan fingerprint density at radius 1 is 1.32 bits per heavy atom. The van der Waals surface area contributed by atoms with E-state index in [9.17, 15) is 8.42 Å². The Hall–Kier alpha value is -0.910. The van der Waals surface area contributed by atoms with E-state index in [1.807, 2.05) is 6.92 Å². The van der Waals surface area contributed by atoms with Crippen molar-refractivity contribution in [2.24, 2.45) is 4.99 Å². The minimum Gasteiger partial charge on any atom is -0.370 e. The van der Waals surface area contributed by atoms with E-state index in [1.54, 1.807) is 6.92 Å². The second-order valence-corrected chi connectivity index (χ2v) is 8.79.